The van der Waals surface area contributed by atoms with Gasteiger partial charge in [-0.25, -0.2) is 14.2 Å². The number of benzene rings is 1. The Bertz CT molecular complexity index is 1490. The second kappa shape index (κ2) is 13.2. The summed E-state index contributed by atoms with van der Waals surface area (Å²) in [5.74, 6) is -0.389. The molecule has 1 saturated carbocycles. The van der Waals surface area contributed by atoms with E-state index >= 15 is 4.39 Å². The van der Waals surface area contributed by atoms with Crippen molar-refractivity contribution < 1.29 is 19.1 Å². The Morgan fingerprint density at radius 1 is 1.23 bits per heavy atom. The predicted octanol–water partition coefficient (Wildman–Crippen LogP) is 6.30. The molecular formula is C33H40ClFN6O3. The molecule has 9 nitrogen and oxygen atoms in total. The van der Waals surface area contributed by atoms with Crippen LogP contribution in [-0.4, -0.2) is 50.8 Å². The van der Waals surface area contributed by atoms with Gasteiger partial charge in [-0.15, -0.1) is 0 Å². The van der Waals surface area contributed by atoms with Crippen molar-refractivity contribution in [1.29, 1.82) is 0 Å². The third-order valence-corrected chi connectivity index (χ3v) is 9.12. The zero-order chi connectivity index (χ0) is 31.5. The van der Waals surface area contributed by atoms with E-state index in [1.54, 1.807) is 31.3 Å². The van der Waals surface area contributed by atoms with E-state index in [-0.39, 0.29) is 24.5 Å². The first-order valence-electron chi connectivity index (χ1n) is 15.3. The molecule has 1 saturated heterocycles. The maximum atomic E-state index is 15.3. The van der Waals surface area contributed by atoms with E-state index in [0.29, 0.717) is 29.3 Å². The number of aromatic nitrogens is 1. The Hall–Kier alpha value is -3.60. The van der Waals surface area contributed by atoms with Crippen LogP contribution in [0.4, 0.5) is 20.7 Å². The Kier molecular flexibility index (Phi) is 9.53. The average Bonchev–Trinajstić information content (AvgIpc) is 3.82. The van der Waals surface area contributed by atoms with Crippen LogP contribution >= 0.6 is 11.6 Å². The molecule has 3 amide bonds. The Morgan fingerprint density at radius 3 is 2.70 bits per heavy atom. The number of hydrogen-bond donors (Lipinski definition) is 4. The Balaban J connectivity index is 1.42. The number of carbonyl (C=O) groups excluding carboxylic acids is 2. The second-order valence-electron chi connectivity index (χ2n) is 12.0. The summed E-state index contributed by atoms with van der Waals surface area (Å²) < 4.78 is 15.3. The van der Waals surface area contributed by atoms with Crippen LogP contribution in [0.2, 0.25) is 5.02 Å². The fourth-order valence-electron chi connectivity index (χ4n) is 5.94. The number of β-amino-alcohol motifs (C(OH)–C–C–N with tert-alkyl or cyclic N) is 1. The third-order valence-electron chi connectivity index (χ3n) is 8.90. The molecule has 2 fully saturated rings. The highest BCUT2D eigenvalue weighted by Crippen LogP contribution is 2.40. The van der Waals surface area contributed by atoms with Crippen molar-refractivity contribution in [3.05, 3.63) is 76.9 Å². The molecule has 5 N–H and O–H groups in total. The predicted molar refractivity (Wildman–Crippen MR) is 171 cm³/mol. The molecule has 2 aliphatic heterocycles. The summed E-state index contributed by atoms with van der Waals surface area (Å²) in [6.45, 7) is 3.78. The molecule has 1 aromatic carbocycles. The summed E-state index contributed by atoms with van der Waals surface area (Å²) in [7, 11) is 0. The number of halogens is 2. The zero-order valence-electron chi connectivity index (χ0n) is 25.2. The van der Waals surface area contributed by atoms with E-state index in [1.165, 1.54) is 36.1 Å². The third kappa shape index (κ3) is 7.03. The normalized spacial score (nSPS) is 23.0. The van der Waals surface area contributed by atoms with Crippen molar-refractivity contribution in [2.75, 3.05) is 17.2 Å². The van der Waals surface area contributed by atoms with Crippen molar-refractivity contribution in [2.24, 2.45) is 16.6 Å². The van der Waals surface area contributed by atoms with Crippen LogP contribution in [0.25, 0.3) is 0 Å². The van der Waals surface area contributed by atoms with Gasteiger partial charge in [-0.1, -0.05) is 56.5 Å². The first-order chi connectivity index (χ1) is 21.0. The number of nitrogens with two attached hydrogens (primary N) is 1. The van der Waals surface area contributed by atoms with E-state index in [4.69, 9.17) is 22.3 Å². The van der Waals surface area contributed by atoms with Crippen molar-refractivity contribution in [1.82, 2.24) is 9.88 Å². The fraction of sp³-hybridized carbons (Fsp3) is 0.455. The number of aliphatic hydroxyl groups is 1. The minimum Gasteiger partial charge on any atom is -0.388 e. The van der Waals surface area contributed by atoms with Gasteiger partial charge >= 0.3 is 6.03 Å². The molecule has 3 atom stereocenters. The summed E-state index contributed by atoms with van der Waals surface area (Å²) in [5.41, 5.74) is 7.33. The number of carbonyl (C=O) groups is 2. The van der Waals surface area contributed by atoms with Gasteiger partial charge < -0.3 is 21.1 Å². The summed E-state index contributed by atoms with van der Waals surface area (Å²) >= 11 is 5.90. The number of nitrogens with one attached hydrogen (secondary N) is 2. The molecule has 234 valence electrons. The summed E-state index contributed by atoms with van der Waals surface area (Å²) in [6.07, 6.45) is 13.0. The lowest BCUT2D eigenvalue weighted by atomic mass is 9.77. The second-order valence-corrected chi connectivity index (χ2v) is 12.5. The molecule has 2 aromatic rings. The summed E-state index contributed by atoms with van der Waals surface area (Å²) in [5, 5.41) is 16.8. The van der Waals surface area contributed by atoms with E-state index in [1.807, 2.05) is 6.08 Å². The van der Waals surface area contributed by atoms with Crippen LogP contribution in [-0.2, 0) is 10.3 Å². The first-order valence-corrected chi connectivity index (χ1v) is 15.7. The molecule has 11 heteroatoms. The van der Waals surface area contributed by atoms with Crippen LogP contribution in [0.15, 0.2) is 65.4 Å². The molecule has 0 bridgehead atoms. The van der Waals surface area contributed by atoms with Gasteiger partial charge in [0.1, 0.15) is 17.7 Å². The maximum Gasteiger partial charge on any atom is 0.323 e. The monoisotopic (exact) mass is 622 g/mol. The average molecular weight is 623 g/mol. The molecular weight excluding hydrogens is 583 g/mol. The smallest absolute Gasteiger partial charge is 0.323 e. The van der Waals surface area contributed by atoms with Gasteiger partial charge in [0.05, 0.1) is 34.1 Å². The Labute approximate surface area is 262 Å². The van der Waals surface area contributed by atoms with Crippen LogP contribution in [0, 0.1) is 11.7 Å². The molecule has 0 radical (unpaired) electrons. The SMILES string of the molecule is CCC1=CCC=CN=C1C(N)(CCC1CC1)c1ccc(F)c(NC(=O)[C@H]2CC(O)(CC)CN2C(=O)Nc2ccc(Cl)cn2)c1. The number of nitrogens with zero attached hydrogens (tertiary/aromatic N) is 3. The first kappa shape index (κ1) is 31.8. The van der Waals surface area contributed by atoms with E-state index in [9.17, 15) is 14.7 Å². The van der Waals surface area contributed by atoms with E-state index in [0.717, 1.165) is 30.5 Å². The molecule has 44 heavy (non-hydrogen) atoms. The number of aliphatic imine (C=N–C) groups is 1. The molecule has 5 rings (SSSR count). The van der Waals surface area contributed by atoms with Crippen molar-refractivity contribution >= 4 is 40.8 Å². The van der Waals surface area contributed by atoms with Gasteiger partial charge in [-0.3, -0.25) is 15.1 Å². The minimum atomic E-state index is -1.28. The lowest BCUT2D eigenvalue weighted by molar-refractivity contribution is -0.119. The number of rotatable bonds is 10. The minimum absolute atomic E-state index is 0.00583. The van der Waals surface area contributed by atoms with Crippen molar-refractivity contribution in [2.45, 2.75) is 82.4 Å². The lowest BCUT2D eigenvalue weighted by Gasteiger charge is -2.33. The van der Waals surface area contributed by atoms with Gasteiger partial charge in [-0.2, -0.15) is 0 Å². The van der Waals surface area contributed by atoms with E-state index < -0.39 is 34.9 Å². The highest BCUT2D eigenvalue weighted by Gasteiger charge is 2.47. The van der Waals surface area contributed by atoms with Crippen LogP contribution in [0.3, 0.4) is 0 Å². The lowest BCUT2D eigenvalue weighted by Crippen LogP contribution is -2.46. The Morgan fingerprint density at radius 2 is 2.02 bits per heavy atom. The van der Waals surface area contributed by atoms with Crippen molar-refractivity contribution in [3.63, 3.8) is 0 Å². The van der Waals surface area contributed by atoms with Gasteiger partial charge in [-0.05, 0) is 73.4 Å². The quantitative estimate of drug-likeness (QED) is 0.247. The summed E-state index contributed by atoms with van der Waals surface area (Å²) in [4.78, 5) is 37.0. The number of pyridine rings is 1. The standard InChI is InChI=1S/C33H40ClFN6O3/c1-3-22-7-5-6-16-37-29(22)33(36,15-14-21-8-9-21)23-10-12-25(35)26(17-23)39-30(42)27-18-32(44,4-2)20-41(27)31(43)40-28-13-11-24(34)19-38-28/h6-7,10-13,16-17,19,21,27,44H,3-5,8-9,14-15,18,20,36H2,1-2H3,(H,39,42)(H,38,40,43)/t27-,32?,33?/m1/s1. The van der Waals surface area contributed by atoms with Crippen LogP contribution < -0.4 is 16.4 Å². The molecule has 1 aromatic heterocycles. The molecule has 2 unspecified atom stereocenters. The number of urea groups is 1. The van der Waals surface area contributed by atoms with Crippen LogP contribution in [0.5, 0.6) is 0 Å². The van der Waals surface area contributed by atoms with Crippen LogP contribution in [0.1, 0.15) is 70.8 Å². The molecule has 1 aliphatic carbocycles. The zero-order valence-corrected chi connectivity index (χ0v) is 25.9. The fourth-order valence-corrected chi connectivity index (χ4v) is 6.05. The number of allylic oxidation sites excluding steroid dienone is 2. The van der Waals surface area contributed by atoms with Gasteiger partial charge in [0.2, 0.25) is 5.91 Å². The van der Waals surface area contributed by atoms with Gasteiger partial charge in [0.25, 0.3) is 0 Å². The highest BCUT2D eigenvalue weighted by atomic mass is 35.5. The number of likely N-dealkylation sites (tertiary alicyclic amines) is 1. The molecule has 3 aliphatic rings. The molecule has 0 spiro atoms. The maximum absolute atomic E-state index is 15.3. The number of amides is 3. The number of anilines is 2. The highest BCUT2D eigenvalue weighted by molar-refractivity contribution is 6.30. The van der Waals surface area contributed by atoms with E-state index in [2.05, 4.69) is 28.6 Å². The largest absolute Gasteiger partial charge is 0.388 e. The summed E-state index contributed by atoms with van der Waals surface area (Å²) in [6, 6.07) is 5.99. The van der Waals surface area contributed by atoms with Gasteiger partial charge in [0, 0.05) is 18.8 Å². The van der Waals surface area contributed by atoms with Crippen molar-refractivity contribution in [3.8, 4) is 0 Å². The number of hydrogen-bond acceptors (Lipinski definition) is 6. The topological polar surface area (TPSA) is 133 Å². The van der Waals surface area contributed by atoms with Gasteiger partial charge in [0.15, 0.2) is 0 Å². The molecule has 3 heterocycles.